The molecule has 0 amide bonds. The van der Waals surface area contributed by atoms with E-state index in [0.717, 1.165) is 0 Å². The molecule has 1 aromatic heterocycles. The van der Waals surface area contributed by atoms with Crippen molar-refractivity contribution in [3.8, 4) is 5.88 Å². The number of aromatic nitrogens is 2. The van der Waals surface area contributed by atoms with Gasteiger partial charge in [0, 0.05) is 19.6 Å². The monoisotopic (exact) mass is 317 g/mol. The fraction of sp³-hybridized carbons (Fsp3) is 0.769. The van der Waals surface area contributed by atoms with Crippen molar-refractivity contribution in [2.45, 2.75) is 38.4 Å². The first-order chi connectivity index (χ1) is 10.6. The SMILES string of the molecule is CCc1c([N+](=O)[O-])c(OCCCO)nn1[C@@H]1CCOC[C@H]1F. The standard InChI is InChI=1S/C13H20FN3O5/c1-2-10-12(17(19)20)13(22-6-3-5-18)15-16(10)11-4-7-21-8-9(11)14/h9,11,18H,2-8H2,1H3/t9-,11-/m1/s1. The van der Waals surface area contributed by atoms with Gasteiger partial charge in [-0.3, -0.25) is 14.8 Å². The number of nitro groups is 1. The van der Waals surface area contributed by atoms with Crippen LogP contribution in [0.2, 0.25) is 0 Å². The zero-order valence-corrected chi connectivity index (χ0v) is 12.4. The van der Waals surface area contributed by atoms with Crippen molar-refractivity contribution in [3.63, 3.8) is 0 Å². The van der Waals surface area contributed by atoms with Gasteiger partial charge in [-0.1, -0.05) is 6.92 Å². The first-order valence-corrected chi connectivity index (χ1v) is 7.31. The highest BCUT2D eigenvalue weighted by atomic mass is 19.1. The zero-order chi connectivity index (χ0) is 16.1. The van der Waals surface area contributed by atoms with E-state index in [9.17, 15) is 14.5 Å². The number of alkyl halides is 1. The first kappa shape index (κ1) is 16.6. The Morgan fingerprint density at radius 2 is 2.41 bits per heavy atom. The lowest BCUT2D eigenvalue weighted by Crippen LogP contribution is -2.32. The fourth-order valence-corrected chi connectivity index (χ4v) is 2.52. The van der Waals surface area contributed by atoms with Crippen LogP contribution in [0.4, 0.5) is 10.1 Å². The van der Waals surface area contributed by atoms with Crippen LogP contribution in [0.3, 0.4) is 0 Å². The highest BCUT2D eigenvalue weighted by molar-refractivity contribution is 5.46. The predicted molar refractivity (Wildman–Crippen MR) is 74.8 cm³/mol. The van der Waals surface area contributed by atoms with Gasteiger partial charge in [-0.05, 0) is 12.8 Å². The van der Waals surface area contributed by atoms with Gasteiger partial charge in [0.25, 0.3) is 0 Å². The van der Waals surface area contributed by atoms with Crippen LogP contribution < -0.4 is 4.74 Å². The second-order valence-corrected chi connectivity index (χ2v) is 5.03. The molecule has 0 unspecified atom stereocenters. The van der Waals surface area contributed by atoms with Gasteiger partial charge >= 0.3 is 11.6 Å². The molecule has 1 saturated heterocycles. The number of aliphatic hydroxyl groups is 1. The lowest BCUT2D eigenvalue weighted by atomic mass is 10.1. The van der Waals surface area contributed by atoms with Gasteiger partial charge in [-0.25, -0.2) is 4.39 Å². The average molecular weight is 317 g/mol. The number of ether oxygens (including phenoxy) is 2. The summed E-state index contributed by atoms with van der Waals surface area (Å²) in [6.07, 6.45) is -0.169. The summed E-state index contributed by atoms with van der Waals surface area (Å²) in [7, 11) is 0. The molecule has 0 aromatic carbocycles. The van der Waals surface area contributed by atoms with Gasteiger partial charge in [0.15, 0.2) is 0 Å². The molecule has 9 heteroatoms. The van der Waals surface area contributed by atoms with E-state index in [-0.39, 0.29) is 31.4 Å². The van der Waals surface area contributed by atoms with Gasteiger partial charge < -0.3 is 14.6 Å². The Kier molecular flexibility index (Phi) is 5.67. The van der Waals surface area contributed by atoms with Crippen molar-refractivity contribution >= 4 is 5.69 Å². The molecule has 0 radical (unpaired) electrons. The molecule has 2 heterocycles. The van der Waals surface area contributed by atoms with E-state index in [0.29, 0.717) is 31.6 Å². The van der Waals surface area contributed by atoms with Crippen molar-refractivity contribution in [2.24, 2.45) is 0 Å². The van der Waals surface area contributed by atoms with Crippen LogP contribution >= 0.6 is 0 Å². The zero-order valence-electron chi connectivity index (χ0n) is 12.4. The van der Waals surface area contributed by atoms with E-state index >= 15 is 0 Å². The van der Waals surface area contributed by atoms with E-state index in [4.69, 9.17) is 14.6 Å². The molecule has 0 aliphatic carbocycles. The maximum Gasteiger partial charge on any atom is 0.353 e. The molecular weight excluding hydrogens is 297 g/mol. The van der Waals surface area contributed by atoms with Crippen molar-refractivity contribution < 1.29 is 23.9 Å². The molecular formula is C13H20FN3O5. The summed E-state index contributed by atoms with van der Waals surface area (Å²) in [4.78, 5) is 10.8. The third kappa shape index (κ3) is 3.36. The Labute approximate surface area is 127 Å². The topological polar surface area (TPSA) is 99.7 Å². The summed E-state index contributed by atoms with van der Waals surface area (Å²) in [5.41, 5.74) is 0.123. The van der Waals surface area contributed by atoms with Crippen molar-refractivity contribution in [1.82, 2.24) is 9.78 Å². The summed E-state index contributed by atoms with van der Waals surface area (Å²) < 4.78 is 25.8. The van der Waals surface area contributed by atoms with Crippen molar-refractivity contribution in [1.29, 1.82) is 0 Å². The number of hydrogen-bond acceptors (Lipinski definition) is 6. The minimum Gasteiger partial charge on any atom is -0.472 e. The molecule has 0 bridgehead atoms. The lowest BCUT2D eigenvalue weighted by Gasteiger charge is -2.27. The molecule has 2 atom stereocenters. The van der Waals surface area contributed by atoms with Crippen molar-refractivity contribution in [2.75, 3.05) is 26.4 Å². The maximum atomic E-state index is 14.1. The molecule has 8 nitrogen and oxygen atoms in total. The van der Waals surface area contributed by atoms with Crippen LogP contribution in [-0.4, -0.2) is 52.4 Å². The quantitative estimate of drug-likeness (QED) is 0.464. The molecule has 1 N–H and O–H groups in total. The third-order valence-corrected chi connectivity index (χ3v) is 3.58. The van der Waals surface area contributed by atoms with Gasteiger partial charge in [0.1, 0.15) is 11.9 Å². The molecule has 0 spiro atoms. The maximum absolute atomic E-state index is 14.1. The Morgan fingerprint density at radius 1 is 1.64 bits per heavy atom. The van der Waals surface area contributed by atoms with E-state index in [1.54, 1.807) is 6.92 Å². The van der Waals surface area contributed by atoms with E-state index in [1.165, 1.54) is 4.68 Å². The van der Waals surface area contributed by atoms with Gasteiger partial charge in [0.05, 0.1) is 24.2 Å². The molecule has 1 aliphatic heterocycles. The molecule has 2 rings (SSSR count). The Morgan fingerprint density at radius 3 is 3.00 bits per heavy atom. The molecule has 0 saturated carbocycles. The van der Waals surface area contributed by atoms with Crippen LogP contribution in [0, 0.1) is 10.1 Å². The van der Waals surface area contributed by atoms with Gasteiger partial charge in [0.2, 0.25) is 0 Å². The highest BCUT2D eigenvalue weighted by Gasteiger charge is 2.35. The number of aliphatic hydroxyl groups excluding tert-OH is 1. The van der Waals surface area contributed by atoms with E-state index < -0.39 is 17.1 Å². The minimum atomic E-state index is -1.26. The smallest absolute Gasteiger partial charge is 0.353 e. The highest BCUT2D eigenvalue weighted by Crippen LogP contribution is 2.35. The molecule has 1 fully saturated rings. The number of halogens is 1. The number of rotatable bonds is 7. The predicted octanol–water partition coefficient (Wildman–Crippen LogP) is 1.41. The van der Waals surface area contributed by atoms with E-state index in [2.05, 4.69) is 5.10 Å². The number of nitrogens with zero attached hydrogens (tertiary/aromatic N) is 3. The lowest BCUT2D eigenvalue weighted by molar-refractivity contribution is -0.386. The van der Waals surface area contributed by atoms with Crippen LogP contribution in [-0.2, 0) is 11.2 Å². The molecule has 1 aromatic rings. The van der Waals surface area contributed by atoms with Crippen LogP contribution in [0.1, 0.15) is 31.5 Å². The van der Waals surface area contributed by atoms with Gasteiger partial charge in [-0.15, -0.1) is 5.10 Å². The summed E-state index contributed by atoms with van der Waals surface area (Å²) >= 11 is 0. The Bertz CT molecular complexity index is 522. The van der Waals surface area contributed by atoms with Crippen molar-refractivity contribution in [3.05, 3.63) is 15.8 Å². The first-order valence-electron chi connectivity index (χ1n) is 7.31. The second-order valence-electron chi connectivity index (χ2n) is 5.03. The second kappa shape index (κ2) is 7.50. The average Bonchev–Trinajstić information content (AvgIpc) is 2.86. The van der Waals surface area contributed by atoms with Crippen LogP contribution in [0.5, 0.6) is 5.88 Å². The van der Waals surface area contributed by atoms with Gasteiger partial charge in [-0.2, -0.15) is 0 Å². The van der Waals surface area contributed by atoms with Crippen LogP contribution in [0.25, 0.3) is 0 Å². The fourth-order valence-electron chi connectivity index (χ4n) is 2.52. The molecule has 1 aliphatic rings. The molecule has 124 valence electrons. The summed E-state index contributed by atoms with van der Waals surface area (Å²) in [5.74, 6) is -0.117. The summed E-state index contributed by atoms with van der Waals surface area (Å²) in [5, 5.41) is 24.2. The summed E-state index contributed by atoms with van der Waals surface area (Å²) in [6, 6.07) is -0.586. The minimum absolute atomic E-state index is 0.0395. The number of hydrogen-bond donors (Lipinski definition) is 1. The van der Waals surface area contributed by atoms with E-state index in [1.807, 2.05) is 0 Å². The van der Waals surface area contributed by atoms with Crippen LogP contribution in [0.15, 0.2) is 0 Å². The largest absolute Gasteiger partial charge is 0.472 e. The summed E-state index contributed by atoms with van der Waals surface area (Å²) in [6.45, 7) is 2.14. The Balaban J connectivity index is 2.36. The molecule has 22 heavy (non-hydrogen) atoms. The third-order valence-electron chi connectivity index (χ3n) is 3.58. The Hall–Kier alpha value is -1.74. The normalized spacial score (nSPS) is 21.8.